The van der Waals surface area contributed by atoms with Gasteiger partial charge in [0.05, 0.1) is 5.52 Å². The highest BCUT2D eigenvalue weighted by atomic mass is 16.3. The minimum absolute atomic E-state index is 0.409. The van der Waals surface area contributed by atoms with Crippen molar-refractivity contribution in [1.82, 2.24) is 14.5 Å². The van der Waals surface area contributed by atoms with Gasteiger partial charge in [-0.05, 0) is 40.6 Å². The average Bonchev–Trinajstić information content (AvgIpc) is 3.05. The monoisotopic (exact) mass is 315 g/mol. The number of hydrogen-bond donors (Lipinski definition) is 1. The summed E-state index contributed by atoms with van der Waals surface area (Å²) in [6.07, 6.45) is 3.39. The van der Waals surface area contributed by atoms with Crippen LogP contribution in [0.2, 0.25) is 0 Å². The number of aromatic nitrogens is 3. The van der Waals surface area contributed by atoms with Crippen LogP contribution in [0.5, 0.6) is 0 Å². The Bertz CT molecular complexity index is 1050. The number of anilines is 1. The van der Waals surface area contributed by atoms with Gasteiger partial charge in [0.2, 0.25) is 0 Å². The summed E-state index contributed by atoms with van der Waals surface area (Å²) in [5.41, 5.74) is 9.09. The SMILES string of the molecule is Nc1cc(-n2ccc3ccc(-c4cccc(N=O)c4)cc32)ncn1. The molecule has 0 spiro atoms. The van der Waals surface area contributed by atoms with Crippen molar-refractivity contribution in [3.05, 3.63) is 72.0 Å². The standard InChI is InChI=1S/C18H13N5O/c19-17-10-18(21-11-20-17)23-7-6-12-4-5-14(9-16(12)23)13-2-1-3-15(8-13)22-24/h1-11H,(H2,19,20,21). The van der Waals surface area contributed by atoms with Crippen LogP contribution in [0, 0.1) is 4.91 Å². The van der Waals surface area contributed by atoms with Crippen LogP contribution in [0.3, 0.4) is 0 Å². The second-order valence-electron chi connectivity index (χ2n) is 5.40. The Kier molecular flexibility index (Phi) is 3.28. The summed E-state index contributed by atoms with van der Waals surface area (Å²) in [6, 6.07) is 17.1. The quantitative estimate of drug-likeness (QED) is 0.577. The van der Waals surface area contributed by atoms with Crippen molar-refractivity contribution in [2.75, 3.05) is 5.73 Å². The summed E-state index contributed by atoms with van der Waals surface area (Å²) < 4.78 is 1.96. The molecular formula is C18H13N5O. The number of fused-ring (bicyclic) bond motifs is 1. The van der Waals surface area contributed by atoms with Gasteiger partial charge in [-0.25, -0.2) is 9.97 Å². The van der Waals surface area contributed by atoms with Crippen molar-refractivity contribution in [3.63, 3.8) is 0 Å². The number of benzene rings is 2. The third-order valence-electron chi connectivity index (χ3n) is 3.90. The molecule has 0 saturated carbocycles. The fraction of sp³-hybridized carbons (Fsp3) is 0. The first kappa shape index (κ1) is 14.1. The number of rotatable bonds is 3. The highest BCUT2D eigenvalue weighted by Crippen LogP contribution is 2.28. The van der Waals surface area contributed by atoms with Crippen LogP contribution in [0.15, 0.2) is 72.3 Å². The second-order valence-corrected chi connectivity index (χ2v) is 5.40. The van der Waals surface area contributed by atoms with Gasteiger partial charge in [-0.2, -0.15) is 0 Å². The third-order valence-corrected chi connectivity index (χ3v) is 3.90. The van der Waals surface area contributed by atoms with Gasteiger partial charge >= 0.3 is 0 Å². The van der Waals surface area contributed by atoms with Crippen molar-refractivity contribution in [2.24, 2.45) is 5.18 Å². The Morgan fingerprint density at radius 1 is 0.958 bits per heavy atom. The molecule has 0 aliphatic heterocycles. The first-order chi connectivity index (χ1) is 11.7. The summed E-state index contributed by atoms with van der Waals surface area (Å²) in [5, 5.41) is 4.08. The molecule has 0 unspecified atom stereocenters. The average molecular weight is 315 g/mol. The van der Waals surface area contributed by atoms with Crippen LogP contribution >= 0.6 is 0 Å². The Hall–Kier alpha value is -3.54. The summed E-state index contributed by atoms with van der Waals surface area (Å²) in [6.45, 7) is 0. The topological polar surface area (TPSA) is 86.2 Å². The Morgan fingerprint density at radius 2 is 1.83 bits per heavy atom. The van der Waals surface area contributed by atoms with E-state index in [9.17, 15) is 4.91 Å². The number of nitrogens with zero attached hydrogens (tertiary/aromatic N) is 4. The predicted octanol–water partition coefficient (Wildman–Crippen LogP) is 4.07. The molecule has 0 aliphatic rings. The van der Waals surface area contributed by atoms with Crippen LogP contribution in [-0.4, -0.2) is 14.5 Å². The summed E-state index contributed by atoms with van der Waals surface area (Å²) in [4.78, 5) is 19.0. The van der Waals surface area contributed by atoms with E-state index in [0.717, 1.165) is 22.0 Å². The Balaban J connectivity index is 1.88. The van der Waals surface area contributed by atoms with E-state index in [0.29, 0.717) is 17.3 Å². The molecule has 0 radical (unpaired) electrons. The van der Waals surface area contributed by atoms with E-state index in [2.05, 4.69) is 21.2 Å². The lowest BCUT2D eigenvalue weighted by Crippen LogP contribution is -1.99. The molecule has 0 atom stereocenters. The second kappa shape index (κ2) is 5.58. The summed E-state index contributed by atoms with van der Waals surface area (Å²) in [5.74, 6) is 1.13. The first-order valence-corrected chi connectivity index (χ1v) is 7.37. The molecule has 6 nitrogen and oxygen atoms in total. The molecule has 4 rings (SSSR count). The van der Waals surface area contributed by atoms with E-state index in [1.165, 1.54) is 6.33 Å². The first-order valence-electron chi connectivity index (χ1n) is 7.37. The molecule has 2 aromatic carbocycles. The molecule has 2 heterocycles. The maximum atomic E-state index is 10.8. The zero-order chi connectivity index (χ0) is 16.5. The molecular weight excluding hydrogens is 302 g/mol. The van der Waals surface area contributed by atoms with Gasteiger partial charge < -0.3 is 10.3 Å². The smallest absolute Gasteiger partial charge is 0.142 e. The third kappa shape index (κ3) is 2.40. The normalized spacial score (nSPS) is 10.8. The van der Waals surface area contributed by atoms with Crippen molar-refractivity contribution in [3.8, 4) is 16.9 Å². The molecule has 24 heavy (non-hydrogen) atoms. The molecule has 2 aromatic heterocycles. The zero-order valence-corrected chi connectivity index (χ0v) is 12.6. The molecule has 4 aromatic rings. The zero-order valence-electron chi connectivity index (χ0n) is 12.6. The van der Waals surface area contributed by atoms with Crippen LogP contribution < -0.4 is 5.73 Å². The maximum absolute atomic E-state index is 10.8. The number of nitrogen functional groups attached to an aromatic ring is 1. The lowest BCUT2D eigenvalue weighted by molar-refractivity contribution is 1.01. The van der Waals surface area contributed by atoms with Gasteiger partial charge in [0.15, 0.2) is 0 Å². The van der Waals surface area contributed by atoms with Crippen molar-refractivity contribution in [1.29, 1.82) is 0 Å². The van der Waals surface area contributed by atoms with Crippen LogP contribution in [0.25, 0.3) is 27.8 Å². The van der Waals surface area contributed by atoms with E-state index in [1.807, 2.05) is 41.1 Å². The van der Waals surface area contributed by atoms with Gasteiger partial charge in [0, 0.05) is 17.6 Å². The van der Waals surface area contributed by atoms with Gasteiger partial charge in [-0.3, -0.25) is 0 Å². The van der Waals surface area contributed by atoms with Crippen LogP contribution in [0.1, 0.15) is 0 Å². The fourth-order valence-corrected chi connectivity index (χ4v) is 2.74. The fourth-order valence-electron chi connectivity index (χ4n) is 2.74. The number of hydrogen-bond acceptors (Lipinski definition) is 5. The lowest BCUT2D eigenvalue weighted by atomic mass is 10.0. The van der Waals surface area contributed by atoms with E-state index in [1.54, 1.807) is 18.2 Å². The molecule has 2 N–H and O–H groups in total. The van der Waals surface area contributed by atoms with Gasteiger partial charge in [0.25, 0.3) is 0 Å². The van der Waals surface area contributed by atoms with Crippen molar-refractivity contribution in [2.45, 2.75) is 0 Å². The van der Waals surface area contributed by atoms with E-state index >= 15 is 0 Å². The molecule has 6 heteroatoms. The van der Waals surface area contributed by atoms with Crippen LogP contribution in [0.4, 0.5) is 11.5 Å². The van der Waals surface area contributed by atoms with Crippen molar-refractivity contribution >= 4 is 22.4 Å². The predicted molar refractivity (Wildman–Crippen MR) is 94.2 cm³/mol. The minimum atomic E-state index is 0.409. The Labute approximate surface area is 137 Å². The highest BCUT2D eigenvalue weighted by molar-refractivity contribution is 5.87. The maximum Gasteiger partial charge on any atom is 0.142 e. The molecule has 116 valence electrons. The van der Waals surface area contributed by atoms with Gasteiger partial charge in [-0.15, -0.1) is 4.91 Å². The van der Waals surface area contributed by atoms with Gasteiger partial charge in [-0.1, -0.05) is 24.3 Å². The lowest BCUT2D eigenvalue weighted by Gasteiger charge is -2.07. The number of nitrogens with two attached hydrogens (primary N) is 1. The molecule has 0 aliphatic carbocycles. The largest absolute Gasteiger partial charge is 0.384 e. The molecule has 0 fully saturated rings. The van der Waals surface area contributed by atoms with Crippen LogP contribution in [-0.2, 0) is 0 Å². The van der Waals surface area contributed by atoms with E-state index < -0.39 is 0 Å². The molecule has 0 amide bonds. The van der Waals surface area contributed by atoms with Gasteiger partial charge in [0.1, 0.15) is 23.7 Å². The van der Waals surface area contributed by atoms with E-state index in [4.69, 9.17) is 5.73 Å². The molecule has 0 bridgehead atoms. The Morgan fingerprint density at radius 3 is 2.67 bits per heavy atom. The molecule has 0 saturated heterocycles. The summed E-state index contributed by atoms with van der Waals surface area (Å²) >= 11 is 0. The van der Waals surface area contributed by atoms with Crippen molar-refractivity contribution < 1.29 is 0 Å². The summed E-state index contributed by atoms with van der Waals surface area (Å²) in [7, 11) is 0. The highest BCUT2D eigenvalue weighted by Gasteiger charge is 2.07. The minimum Gasteiger partial charge on any atom is -0.384 e. The van der Waals surface area contributed by atoms with E-state index in [-0.39, 0.29) is 0 Å². The number of nitroso groups, excluding NO2 is 1.